The summed E-state index contributed by atoms with van der Waals surface area (Å²) in [6, 6.07) is 8.24. The molecule has 106 valence electrons. The second-order valence-corrected chi connectivity index (χ2v) is 4.91. The second kappa shape index (κ2) is 5.18. The Morgan fingerprint density at radius 2 is 2.10 bits per heavy atom. The molecule has 21 heavy (non-hydrogen) atoms. The first kappa shape index (κ1) is 13.6. The third-order valence-electron chi connectivity index (χ3n) is 3.03. The molecule has 1 N–H and O–H groups in total. The fourth-order valence-corrected chi connectivity index (χ4v) is 2.31. The first-order chi connectivity index (χ1) is 10.0. The van der Waals surface area contributed by atoms with E-state index in [9.17, 15) is 14.0 Å². The van der Waals surface area contributed by atoms with Gasteiger partial charge >= 0.3 is 0 Å². The number of hydrogen-bond donors (Lipinski definition) is 1. The number of anilines is 1. The maximum absolute atomic E-state index is 13.2. The molecule has 6 heteroatoms. The summed E-state index contributed by atoms with van der Waals surface area (Å²) in [6.45, 7) is -0.123. The number of amides is 1. The molecule has 3 rings (SSSR count). The lowest BCUT2D eigenvalue weighted by atomic mass is 10.0. The fourth-order valence-electron chi connectivity index (χ4n) is 2.06. The van der Waals surface area contributed by atoms with Gasteiger partial charge in [-0.05, 0) is 24.3 Å². The lowest BCUT2D eigenvalue weighted by Gasteiger charge is -2.19. The van der Waals surface area contributed by atoms with Gasteiger partial charge in [0.25, 0.3) is 5.91 Å². The highest BCUT2D eigenvalue weighted by molar-refractivity contribution is 6.35. The van der Waals surface area contributed by atoms with Crippen molar-refractivity contribution in [2.24, 2.45) is 0 Å². The number of carbonyl (C=O) groups is 2. The van der Waals surface area contributed by atoms with Gasteiger partial charge < -0.3 is 10.1 Å². The summed E-state index contributed by atoms with van der Waals surface area (Å²) >= 11 is 6.07. The smallest absolute Gasteiger partial charge is 0.262 e. The molecule has 1 amide bonds. The summed E-state index contributed by atoms with van der Waals surface area (Å²) in [5, 5.41) is 2.76. The molecule has 0 aliphatic carbocycles. The van der Waals surface area contributed by atoms with E-state index in [0.717, 1.165) is 6.07 Å². The zero-order valence-corrected chi connectivity index (χ0v) is 11.4. The summed E-state index contributed by atoms with van der Waals surface area (Å²) in [6.07, 6.45) is 0. The lowest BCUT2D eigenvalue weighted by molar-refractivity contribution is -0.118. The normalized spacial score (nSPS) is 13.1. The number of ether oxygens (including phenoxy) is 1. The van der Waals surface area contributed by atoms with Crippen molar-refractivity contribution in [3.63, 3.8) is 0 Å². The molecule has 1 aliphatic heterocycles. The third kappa shape index (κ3) is 2.60. The number of hydrogen-bond acceptors (Lipinski definition) is 3. The Morgan fingerprint density at radius 3 is 2.86 bits per heavy atom. The maximum atomic E-state index is 13.2. The summed E-state index contributed by atoms with van der Waals surface area (Å²) in [5.74, 6) is -0.845. The van der Waals surface area contributed by atoms with Gasteiger partial charge in [-0.2, -0.15) is 0 Å². The molecular formula is C15H9ClFNO3. The molecule has 2 aromatic rings. The van der Waals surface area contributed by atoms with Gasteiger partial charge in [-0.25, -0.2) is 4.39 Å². The quantitative estimate of drug-likeness (QED) is 0.868. The molecule has 0 saturated heterocycles. The van der Waals surface area contributed by atoms with Gasteiger partial charge in [0.15, 0.2) is 12.4 Å². The molecule has 0 spiro atoms. The number of ketones is 1. The first-order valence-electron chi connectivity index (χ1n) is 6.11. The Bertz CT molecular complexity index is 761. The molecular weight excluding hydrogens is 297 g/mol. The lowest BCUT2D eigenvalue weighted by Crippen LogP contribution is -2.25. The monoisotopic (exact) mass is 305 g/mol. The van der Waals surface area contributed by atoms with Gasteiger partial charge in [-0.1, -0.05) is 23.7 Å². The standard InChI is InChI=1S/C15H9ClFNO3/c16-11-6-12-13(21-7-14(19)18-12)5-10(11)15(20)8-2-1-3-9(17)4-8/h1-6H,7H2,(H,18,19). The van der Waals surface area contributed by atoms with E-state index in [-0.39, 0.29) is 28.7 Å². The predicted octanol–water partition coefficient (Wildman–Crippen LogP) is 3.04. The van der Waals surface area contributed by atoms with E-state index in [1.807, 2.05) is 0 Å². The SMILES string of the molecule is O=C1COc2cc(C(=O)c3cccc(F)c3)c(Cl)cc2N1. The van der Waals surface area contributed by atoms with Crippen LogP contribution in [0.5, 0.6) is 5.75 Å². The van der Waals surface area contributed by atoms with E-state index >= 15 is 0 Å². The fraction of sp³-hybridized carbons (Fsp3) is 0.0667. The number of rotatable bonds is 2. The second-order valence-electron chi connectivity index (χ2n) is 4.50. The van der Waals surface area contributed by atoms with Crippen LogP contribution in [0, 0.1) is 5.82 Å². The van der Waals surface area contributed by atoms with E-state index in [0.29, 0.717) is 11.4 Å². The Kier molecular flexibility index (Phi) is 3.35. The van der Waals surface area contributed by atoms with E-state index < -0.39 is 11.6 Å². The molecule has 2 aromatic carbocycles. The molecule has 0 bridgehead atoms. The van der Waals surface area contributed by atoms with Crippen molar-refractivity contribution < 1.29 is 18.7 Å². The molecule has 1 aliphatic rings. The van der Waals surface area contributed by atoms with Crippen molar-refractivity contribution in [3.8, 4) is 5.75 Å². The predicted molar refractivity (Wildman–Crippen MR) is 75.4 cm³/mol. The number of carbonyl (C=O) groups excluding carboxylic acids is 2. The maximum Gasteiger partial charge on any atom is 0.262 e. The van der Waals surface area contributed by atoms with Gasteiger partial charge in [0.05, 0.1) is 10.7 Å². The van der Waals surface area contributed by atoms with E-state index in [1.165, 1.54) is 30.3 Å². The summed E-state index contributed by atoms with van der Waals surface area (Å²) in [7, 11) is 0. The average molecular weight is 306 g/mol. The van der Waals surface area contributed by atoms with Gasteiger partial charge in [-0.3, -0.25) is 9.59 Å². The largest absolute Gasteiger partial charge is 0.482 e. The average Bonchev–Trinajstić information content (AvgIpc) is 2.45. The van der Waals surface area contributed by atoms with Crippen molar-refractivity contribution in [3.05, 3.63) is 58.4 Å². The Morgan fingerprint density at radius 1 is 1.29 bits per heavy atom. The molecule has 0 unspecified atom stereocenters. The van der Waals surface area contributed by atoms with Crippen molar-refractivity contribution in [1.82, 2.24) is 0 Å². The molecule has 0 atom stereocenters. The van der Waals surface area contributed by atoms with Crippen LogP contribution in [-0.4, -0.2) is 18.3 Å². The Hall–Kier alpha value is -2.40. The highest BCUT2D eigenvalue weighted by atomic mass is 35.5. The molecule has 0 fully saturated rings. The zero-order chi connectivity index (χ0) is 15.0. The van der Waals surface area contributed by atoms with Crippen LogP contribution in [0.2, 0.25) is 5.02 Å². The van der Waals surface area contributed by atoms with Gasteiger partial charge in [-0.15, -0.1) is 0 Å². The minimum atomic E-state index is -0.501. The summed E-state index contributed by atoms with van der Waals surface area (Å²) in [5.41, 5.74) is 0.793. The number of nitrogens with one attached hydrogen (secondary N) is 1. The van der Waals surface area contributed by atoms with E-state index in [4.69, 9.17) is 16.3 Å². The minimum Gasteiger partial charge on any atom is -0.482 e. The van der Waals surface area contributed by atoms with Crippen LogP contribution in [0.4, 0.5) is 10.1 Å². The van der Waals surface area contributed by atoms with Crippen LogP contribution in [0.3, 0.4) is 0 Å². The highest BCUT2D eigenvalue weighted by Crippen LogP contribution is 2.34. The topological polar surface area (TPSA) is 55.4 Å². The van der Waals surface area contributed by atoms with Crippen molar-refractivity contribution in [2.45, 2.75) is 0 Å². The van der Waals surface area contributed by atoms with E-state index in [1.54, 1.807) is 0 Å². The molecule has 0 saturated carbocycles. The van der Waals surface area contributed by atoms with Crippen LogP contribution >= 0.6 is 11.6 Å². The van der Waals surface area contributed by atoms with Crippen LogP contribution in [0.1, 0.15) is 15.9 Å². The zero-order valence-electron chi connectivity index (χ0n) is 10.7. The number of halogens is 2. The third-order valence-corrected chi connectivity index (χ3v) is 3.35. The van der Waals surface area contributed by atoms with Crippen molar-refractivity contribution >= 4 is 29.0 Å². The van der Waals surface area contributed by atoms with Crippen LogP contribution < -0.4 is 10.1 Å². The van der Waals surface area contributed by atoms with Crippen LogP contribution in [0.15, 0.2) is 36.4 Å². The van der Waals surface area contributed by atoms with Gasteiger partial charge in [0.1, 0.15) is 11.6 Å². The number of benzene rings is 2. The number of fused-ring (bicyclic) bond motifs is 1. The molecule has 0 aromatic heterocycles. The van der Waals surface area contributed by atoms with Gasteiger partial charge in [0.2, 0.25) is 0 Å². The van der Waals surface area contributed by atoms with E-state index in [2.05, 4.69) is 5.32 Å². The molecule has 4 nitrogen and oxygen atoms in total. The first-order valence-corrected chi connectivity index (χ1v) is 6.49. The minimum absolute atomic E-state index is 0.123. The Labute approximate surface area is 124 Å². The Balaban J connectivity index is 2.03. The summed E-state index contributed by atoms with van der Waals surface area (Å²) in [4.78, 5) is 23.6. The van der Waals surface area contributed by atoms with Gasteiger partial charge in [0, 0.05) is 11.1 Å². The molecule has 0 radical (unpaired) electrons. The van der Waals surface area contributed by atoms with Crippen molar-refractivity contribution in [1.29, 1.82) is 0 Å². The van der Waals surface area contributed by atoms with Crippen molar-refractivity contribution in [2.75, 3.05) is 11.9 Å². The molecule has 1 heterocycles. The highest BCUT2D eigenvalue weighted by Gasteiger charge is 2.21. The van der Waals surface area contributed by atoms with Crippen LogP contribution in [-0.2, 0) is 4.79 Å². The van der Waals surface area contributed by atoms with Crippen LogP contribution in [0.25, 0.3) is 0 Å². The summed E-state index contributed by atoms with van der Waals surface area (Å²) < 4.78 is 18.4.